The SMILES string of the molecule is Cc1cc(Br)c(-n2c(C)cc(C(=O)O)c2C)cc1[N+](=O)[O-]. The van der Waals surface area contributed by atoms with E-state index in [0.717, 1.165) is 0 Å². The monoisotopic (exact) mass is 352 g/mol. The number of nitrogens with zero attached hydrogens (tertiary/aromatic N) is 2. The number of carboxylic acids is 1. The van der Waals surface area contributed by atoms with Crippen molar-refractivity contribution in [2.75, 3.05) is 0 Å². The molecule has 0 radical (unpaired) electrons. The van der Waals surface area contributed by atoms with Gasteiger partial charge in [0.25, 0.3) is 5.69 Å². The molecule has 1 heterocycles. The molecular weight excluding hydrogens is 340 g/mol. The number of rotatable bonds is 3. The lowest BCUT2D eigenvalue weighted by atomic mass is 10.1. The summed E-state index contributed by atoms with van der Waals surface area (Å²) in [6, 6.07) is 4.66. The van der Waals surface area contributed by atoms with Crippen molar-refractivity contribution in [3.63, 3.8) is 0 Å². The highest BCUT2D eigenvalue weighted by Gasteiger charge is 2.20. The van der Waals surface area contributed by atoms with Crippen LogP contribution in [0.15, 0.2) is 22.7 Å². The van der Waals surface area contributed by atoms with E-state index in [0.29, 0.717) is 27.1 Å². The first-order valence-corrected chi connectivity index (χ1v) is 6.90. The van der Waals surface area contributed by atoms with Gasteiger partial charge in [0.05, 0.1) is 16.2 Å². The van der Waals surface area contributed by atoms with E-state index in [4.69, 9.17) is 0 Å². The summed E-state index contributed by atoms with van der Waals surface area (Å²) in [5.74, 6) is -1.02. The van der Waals surface area contributed by atoms with Crippen LogP contribution < -0.4 is 0 Å². The second kappa shape index (κ2) is 5.33. The van der Waals surface area contributed by atoms with E-state index in [1.165, 1.54) is 6.07 Å². The molecule has 1 aromatic carbocycles. The molecule has 6 nitrogen and oxygen atoms in total. The molecule has 0 amide bonds. The molecule has 0 aliphatic carbocycles. The number of carbonyl (C=O) groups is 1. The predicted molar refractivity (Wildman–Crippen MR) is 81.3 cm³/mol. The molecule has 0 bridgehead atoms. The number of aromatic carboxylic acids is 1. The molecule has 0 saturated heterocycles. The lowest BCUT2D eigenvalue weighted by molar-refractivity contribution is -0.385. The third-order valence-corrected chi connectivity index (χ3v) is 4.00. The molecule has 0 spiro atoms. The molecule has 0 aliphatic heterocycles. The van der Waals surface area contributed by atoms with Crippen molar-refractivity contribution in [3.05, 3.63) is 55.3 Å². The first-order chi connectivity index (χ1) is 9.73. The molecular formula is C14H13BrN2O4. The molecule has 0 fully saturated rings. The zero-order chi connectivity index (χ0) is 15.9. The number of hydrogen-bond donors (Lipinski definition) is 1. The summed E-state index contributed by atoms with van der Waals surface area (Å²) < 4.78 is 2.37. The summed E-state index contributed by atoms with van der Waals surface area (Å²) in [5.41, 5.74) is 2.49. The molecule has 0 atom stereocenters. The lowest BCUT2D eigenvalue weighted by Crippen LogP contribution is -2.04. The van der Waals surface area contributed by atoms with Crippen molar-refractivity contribution in [2.24, 2.45) is 0 Å². The Morgan fingerprint density at radius 1 is 1.29 bits per heavy atom. The molecule has 7 heteroatoms. The average Bonchev–Trinajstić information content (AvgIpc) is 2.65. The maximum absolute atomic E-state index is 11.2. The summed E-state index contributed by atoms with van der Waals surface area (Å²) in [6.07, 6.45) is 0. The molecule has 1 aromatic heterocycles. The lowest BCUT2D eigenvalue weighted by Gasteiger charge is -2.12. The fraction of sp³-hybridized carbons (Fsp3) is 0.214. The van der Waals surface area contributed by atoms with Crippen LogP contribution in [0.3, 0.4) is 0 Å². The minimum Gasteiger partial charge on any atom is -0.478 e. The van der Waals surface area contributed by atoms with Crippen LogP contribution in [0.5, 0.6) is 0 Å². The van der Waals surface area contributed by atoms with Crippen LogP contribution in [0, 0.1) is 30.9 Å². The number of aromatic nitrogens is 1. The Balaban J connectivity index is 2.76. The minimum absolute atomic E-state index is 0.00225. The number of carboxylic acid groups (broad SMARTS) is 1. The van der Waals surface area contributed by atoms with Gasteiger partial charge in [-0.2, -0.15) is 0 Å². The fourth-order valence-corrected chi connectivity index (χ4v) is 3.00. The summed E-state index contributed by atoms with van der Waals surface area (Å²) in [5, 5.41) is 20.3. The maximum atomic E-state index is 11.2. The van der Waals surface area contributed by atoms with E-state index in [2.05, 4.69) is 15.9 Å². The third kappa shape index (κ3) is 2.56. The molecule has 0 saturated carbocycles. The number of nitro benzene ring substituents is 1. The average molecular weight is 353 g/mol. The van der Waals surface area contributed by atoms with E-state index in [-0.39, 0.29) is 11.3 Å². The van der Waals surface area contributed by atoms with Crippen molar-refractivity contribution in [1.29, 1.82) is 0 Å². The molecule has 2 rings (SSSR count). The Labute approximate surface area is 129 Å². The van der Waals surface area contributed by atoms with Crippen molar-refractivity contribution < 1.29 is 14.8 Å². The van der Waals surface area contributed by atoms with Gasteiger partial charge in [-0.1, -0.05) is 0 Å². The smallest absolute Gasteiger partial charge is 0.337 e. The zero-order valence-corrected chi connectivity index (χ0v) is 13.3. The normalized spacial score (nSPS) is 10.7. The number of benzene rings is 1. The number of halogens is 1. The van der Waals surface area contributed by atoms with Crippen LogP contribution in [-0.4, -0.2) is 20.6 Å². The number of aryl methyl sites for hydroxylation is 2. The van der Waals surface area contributed by atoms with Gasteiger partial charge in [-0.25, -0.2) is 4.79 Å². The van der Waals surface area contributed by atoms with Crippen molar-refractivity contribution in [3.8, 4) is 5.69 Å². The van der Waals surface area contributed by atoms with Gasteiger partial charge in [-0.15, -0.1) is 0 Å². The van der Waals surface area contributed by atoms with Crippen LogP contribution in [0.25, 0.3) is 5.69 Å². The maximum Gasteiger partial charge on any atom is 0.337 e. The van der Waals surface area contributed by atoms with Gasteiger partial charge < -0.3 is 9.67 Å². The van der Waals surface area contributed by atoms with Crippen molar-refractivity contribution in [1.82, 2.24) is 4.57 Å². The minimum atomic E-state index is -1.02. The van der Waals surface area contributed by atoms with E-state index in [1.807, 2.05) is 0 Å². The van der Waals surface area contributed by atoms with Gasteiger partial charge in [-0.3, -0.25) is 10.1 Å². The number of hydrogen-bond acceptors (Lipinski definition) is 3. The first kappa shape index (κ1) is 15.2. The van der Waals surface area contributed by atoms with Gasteiger partial charge in [-0.05, 0) is 48.8 Å². The Bertz CT molecular complexity index is 765. The summed E-state index contributed by atoms with van der Waals surface area (Å²) in [7, 11) is 0. The van der Waals surface area contributed by atoms with Crippen LogP contribution in [0.1, 0.15) is 27.3 Å². The Morgan fingerprint density at radius 2 is 1.90 bits per heavy atom. The van der Waals surface area contributed by atoms with E-state index in [1.54, 1.807) is 37.5 Å². The zero-order valence-electron chi connectivity index (χ0n) is 11.7. The molecule has 110 valence electrons. The molecule has 0 aliphatic rings. The van der Waals surface area contributed by atoms with E-state index >= 15 is 0 Å². The molecule has 21 heavy (non-hydrogen) atoms. The highest BCUT2D eigenvalue weighted by Crippen LogP contribution is 2.32. The quantitative estimate of drug-likeness (QED) is 0.672. The van der Waals surface area contributed by atoms with Gasteiger partial charge in [0.15, 0.2) is 0 Å². The van der Waals surface area contributed by atoms with E-state index in [9.17, 15) is 20.0 Å². The highest BCUT2D eigenvalue weighted by atomic mass is 79.9. The van der Waals surface area contributed by atoms with Gasteiger partial charge in [0, 0.05) is 27.5 Å². The predicted octanol–water partition coefficient (Wildman–Crippen LogP) is 3.77. The van der Waals surface area contributed by atoms with Crippen molar-refractivity contribution >= 4 is 27.6 Å². The van der Waals surface area contributed by atoms with Crippen molar-refractivity contribution in [2.45, 2.75) is 20.8 Å². The molecule has 2 aromatic rings. The largest absolute Gasteiger partial charge is 0.478 e. The van der Waals surface area contributed by atoms with Gasteiger partial charge >= 0.3 is 5.97 Å². The van der Waals surface area contributed by atoms with E-state index < -0.39 is 10.9 Å². The third-order valence-electron chi connectivity index (χ3n) is 3.36. The van der Waals surface area contributed by atoms with Crippen LogP contribution >= 0.6 is 15.9 Å². The standard InChI is InChI=1S/C14H13BrN2O4/c1-7-4-11(15)13(6-12(7)17(20)21)16-8(2)5-10(9(16)3)14(18)19/h4-6H,1-3H3,(H,18,19). The summed E-state index contributed by atoms with van der Waals surface area (Å²) in [6.45, 7) is 5.09. The second-order valence-corrected chi connectivity index (χ2v) is 5.63. The van der Waals surface area contributed by atoms with Gasteiger partial charge in [0.1, 0.15) is 0 Å². The van der Waals surface area contributed by atoms with Crippen LogP contribution in [-0.2, 0) is 0 Å². The second-order valence-electron chi connectivity index (χ2n) is 4.77. The summed E-state index contributed by atoms with van der Waals surface area (Å²) >= 11 is 3.39. The summed E-state index contributed by atoms with van der Waals surface area (Å²) in [4.78, 5) is 21.8. The molecule has 0 unspecified atom stereocenters. The van der Waals surface area contributed by atoms with Crippen LogP contribution in [0.4, 0.5) is 5.69 Å². The highest BCUT2D eigenvalue weighted by molar-refractivity contribution is 9.10. The molecule has 1 N–H and O–H groups in total. The van der Waals surface area contributed by atoms with Gasteiger partial charge in [0.2, 0.25) is 0 Å². The Hall–Kier alpha value is -2.15. The van der Waals surface area contributed by atoms with Crippen LogP contribution in [0.2, 0.25) is 0 Å². The Morgan fingerprint density at radius 3 is 2.38 bits per heavy atom. The first-order valence-electron chi connectivity index (χ1n) is 6.11. The fourth-order valence-electron chi connectivity index (χ4n) is 2.37. The topological polar surface area (TPSA) is 85.4 Å². The number of nitro groups is 1. The Kier molecular flexibility index (Phi) is 3.87.